The fraction of sp³-hybridized carbons (Fsp3) is 0.421. The summed E-state index contributed by atoms with van der Waals surface area (Å²) in [5.74, 6) is 0.111. The predicted molar refractivity (Wildman–Crippen MR) is 91.2 cm³/mol. The second-order valence-corrected chi connectivity index (χ2v) is 6.43. The molecule has 1 aliphatic rings. The van der Waals surface area contributed by atoms with Crippen LogP contribution in [0.25, 0.3) is 10.8 Å². The van der Waals surface area contributed by atoms with Crippen molar-refractivity contribution in [3.05, 3.63) is 42.5 Å². The van der Waals surface area contributed by atoms with E-state index in [0.29, 0.717) is 12.6 Å². The number of benzene rings is 2. The van der Waals surface area contributed by atoms with E-state index in [0.717, 1.165) is 16.5 Å². The van der Waals surface area contributed by atoms with Crippen molar-refractivity contribution >= 4 is 22.4 Å². The van der Waals surface area contributed by atoms with E-state index in [4.69, 9.17) is 0 Å². The van der Waals surface area contributed by atoms with Gasteiger partial charge in [0.15, 0.2) is 6.54 Å². The third kappa shape index (κ3) is 3.47. The van der Waals surface area contributed by atoms with Crippen molar-refractivity contribution in [1.82, 2.24) is 0 Å². The van der Waals surface area contributed by atoms with Crippen LogP contribution in [0.1, 0.15) is 32.1 Å². The molecule has 2 aromatic rings. The highest BCUT2D eigenvalue weighted by atomic mass is 16.2. The van der Waals surface area contributed by atoms with Gasteiger partial charge in [0.05, 0.1) is 13.1 Å². The number of nitrogens with one attached hydrogen (secondary N) is 2. The molecule has 1 amide bonds. The van der Waals surface area contributed by atoms with Gasteiger partial charge in [-0.15, -0.1) is 0 Å². The van der Waals surface area contributed by atoms with Gasteiger partial charge in [-0.2, -0.15) is 0 Å². The van der Waals surface area contributed by atoms with Gasteiger partial charge in [0.25, 0.3) is 5.91 Å². The van der Waals surface area contributed by atoms with Crippen LogP contribution in [-0.2, 0) is 4.79 Å². The summed E-state index contributed by atoms with van der Waals surface area (Å²) in [6.07, 6.45) is 6.49. The molecule has 0 saturated heterocycles. The Labute approximate surface area is 132 Å². The van der Waals surface area contributed by atoms with Crippen molar-refractivity contribution in [3.63, 3.8) is 0 Å². The molecular formula is C19H25N2O+. The van der Waals surface area contributed by atoms with E-state index in [9.17, 15) is 4.79 Å². The maximum absolute atomic E-state index is 12.4. The molecule has 0 aromatic heterocycles. The number of hydrogen-bond acceptors (Lipinski definition) is 1. The highest BCUT2D eigenvalue weighted by Gasteiger charge is 2.23. The highest BCUT2D eigenvalue weighted by Crippen LogP contribution is 2.22. The lowest BCUT2D eigenvalue weighted by atomic mass is 9.94. The van der Waals surface area contributed by atoms with E-state index in [1.807, 2.05) is 24.3 Å². The van der Waals surface area contributed by atoms with E-state index in [1.165, 1.54) is 37.0 Å². The Kier molecular flexibility index (Phi) is 4.74. The third-order valence-electron chi connectivity index (χ3n) is 4.81. The second-order valence-electron chi connectivity index (χ2n) is 6.43. The first-order chi connectivity index (χ1) is 10.7. The summed E-state index contributed by atoms with van der Waals surface area (Å²) in [5.41, 5.74) is 0.916. The van der Waals surface area contributed by atoms with Gasteiger partial charge in [-0.05, 0) is 37.1 Å². The molecule has 1 unspecified atom stereocenters. The molecular weight excluding hydrogens is 272 g/mol. The van der Waals surface area contributed by atoms with Crippen LogP contribution in [-0.4, -0.2) is 25.5 Å². The lowest BCUT2D eigenvalue weighted by Gasteiger charge is -2.27. The molecule has 3 heteroatoms. The van der Waals surface area contributed by atoms with Crippen LogP contribution in [0.5, 0.6) is 0 Å². The van der Waals surface area contributed by atoms with Gasteiger partial charge in [-0.25, -0.2) is 0 Å². The molecule has 1 atom stereocenters. The third-order valence-corrected chi connectivity index (χ3v) is 4.81. The minimum absolute atomic E-state index is 0.111. The van der Waals surface area contributed by atoms with Crippen LogP contribution in [0, 0.1) is 0 Å². The monoisotopic (exact) mass is 297 g/mol. The van der Waals surface area contributed by atoms with Crippen LogP contribution in [0.2, 0.25) is 0 Å². The Morgan fingerprint density at radius 1 is 1.09 bits per heavy atom. The molecule has 0 heterocycles. The van der Waals surface area contributed by atoms with Crippen molar-refractivity contribution < 1.29 is 9.69 Å². The van der Waals surface area contributed by atoms with Crippen molar-refractivity contribution in [2.75, 3.05) is 18.9 Å². The second kappa shape index (κ2) is 6.93. The van der Waals surface area contributed by atoms with Gasteiger partial charge in [0.2, 0.25) is 0 Å². The van der Waals surface area contributed by atoms with Crippen LogP contribution in [0.3, 0.4) is 0 Å². The van der Waals surface area contributed by atoms with Crippen LogP contribution in [0.15, 0.2) is 42.5 Å². The van der Waals surface area contributed by atoms with Crippen molar-refractivity contribution in [1.29, 1.82) is 0 Å². The molecule has 3 nitrogen and oxygen atoms in total. The fourth-order valence-electron chi connectivity index (χ4n) is 3.52. The summed E-state index contributed by atoms with van der Waals surface area (Å²) in [7, 11) is 2.15. The summed E-state index contributed by atoms with van der Waals surface area (Å²) in [5, 5.41) is 5.36. The number of anilines is 1. The number of fused-ring (bicyclic) bond motifs is 1. The molecule has 116 valence electrons. The van der Waals surface area contributed by atoms with Gasteiger partial charge < -0.3 is 10.2 Å². The first-order valence-corrected chi connectivity index (χ1v) is 8.34. The van der Waals surface area contributed by atoms with Gasteiger partial charge >= 0.3 is 0 Å². The van der Waals surface area contributed by atoms with Crippen LogP contribution < -0.4 is 10.2 Å². The number of rotatable bonds is 4. The Morgan fingerprint density at radius 3 is 2.64 bits per heavy atom. The minimum Gasteiger partial charge on any atom is -0.327 e. The standard InChI is InChI=1S/C19H24N2O/c1-21(16-10-3-2-4-11-16)14-19(22)20-18-13-7-9-15-8-5-6-12-17(15)18/h5-9,12-13,16H,2-4,10-11,14H2,1H3,(H,20,22)/p+1. The first kappa shape index (κ1) is 15.0. The lowest BCUT2D eigenvalue weighted by Crippen LogP contribution is -3.14. The molecule has 2 aromatic carbocycles. The molecule has 1 saturated carbocycles. The first-order valence-electron chi connectivity index (χ1n) is 8.34. The average molecular weight is 297 g/mol. The zero-order valence-corrected chi connectivity index (χ0v) is 13.3. The largest absolute Gasteiger partial charge is 0.327 e. The Bertz CT molecular complexity index is 641. The summed E-state index contributed by atoms with van der Waals surface area (Å²) >= 11 is 0. The SMILES string of the molecule is C[NH+](CC(=O)Nc1cccc2ccccc12)C1CCCCC1. The maximum atomic E-state index is 12.4. The van der Waals surface area contributed by atoms with Crippen molar-refractivity contribution in [2.45, 2.75) is 38.1 Å². The number of amides is 1. The van der Waals surface area contributed by atoms with Gasteiger partial charge in [-0.3, -0.25) is 4.79 Å². The normalized spacial score (nSPS) is 17.3. The minimum atomic E-state index is 0.111. The van der Waals surface area contributed by atoms with Gasteiger partial charge in [-0.1, -0.05) is 42.8 Å². The van der Waals surface area contributed by atoms with Crippen LogP contribution >= 0.6 is 0 Å². The zero-order valence-electron chi connectivity index (χ0n) is 13.3. The summed E-state index contributed by atoms with van der Waals surface area (Å²) < 4.78 is 0. The summed E-state index contributed by atoms with van der Waals surface area (Å²) in [4.78, 5) is 13.7. The maximum Gasteiger partial charge on any atom is 0.279 e. The average Bonchev–Trinajstić information content (AvgIpc) is 2.56. The van der Waals surface area contributed by atoms with Gasteiger partial charge in [0, 0.05) is 11.1 Å². The number of likely N-dealkylation sites (N-methyl/N-ethyl adjacent to an activating group) is 1. The Hall–Kier alpha value is -1.87. The molecule has 1 fully saturated rings. The topological polar surface area (TPSA) is 33.5 Å². The molecule has 3 rings (SSSR count). The van der Waals surface area contributed by atoms with Crippen molar-refractivity contribution in [2.24, 2.45) is 0 Å². The molecule has 2 N–H and O–H groups in total. The molecule has 0 aliphatic heterocycles. The van der Waals surface area contributed by atoms with Crippen molar-refractivity contribution in [3.8, 4) is 0 Å². The van der Waals surface area contributed by atoms with E-state index in [-0.39, 0.29) is 5.91 Å². The Morgan fingerprint density at radius 2 is 1.82 bits per heavy atom. The molecule has 0 bridgehead atoms. The van der Waals surface area contributed by atoms with Gasteiger partial charge in [0.1, 0.15) is 0 Å². The molecule has 0 spiro atoms. The number of quaternary nitrogens is 1. The highest BCUT2D eigenvalue weighted by molar-refractivity contribution is 6.02. The van der Waals surface area contributed by atoms with E-state index in [1.54, 1.807) is 0 Å². The zero-order chi connectivity index (χ0) is 15.4. The molecule has 0 radical (unpaired) electrons. The van der Waals surface area contributed by atoms with E-state index in [2.05, 4.69) is 30.6 Å². The van der Waals surface area contributed by atoms with E-state index >= 15 is 0 Å². The summed E-state index contributed by atoms with van der Waals surface area (Å²) in [6, 6.07) is 14.9. The Balaban J connectivity index is 1.65. The number of hydrogen-bond donors (Lipinski definition) is 2. The predicted octanol–water partition coefficient (Wildman–Crippen LogP) is 2.63. The van der Waals surface area contributed by atoms with Crippen LogP contribution in [0.4, 0.5) is 5.69 Å². The fourth-order valence-corrected chi connectivity index (χ4v) is 3.52. The molecule has 22 heavy (non-hydrogen) atoms. The molecule has 1 aliphatic carbocycles. The summed E-state index contributed by atoms with van der Waals surface area (Å²) in [6.45, 7) is 0.549. The van der Waals surface area contributed by atoms with E-state index < -0.39 is 0 Å². The quantitative estimate of drug-likeness (QED) is 0.893. The smallest absolute Gasteiger partial charge is 0.279 e. The lowest BCUT2D eigenvalue weighted by molar-refractivity contribution is -0.899. The number of carbonyl (C=O) groups is 1. The number of carbonyl (C=O) groups excluding carboxylic acids is 1.